The first kappa shape index (κ1) is 25.5. The number of halogens is 1. The summed E-state index contributed by atoms with van der Waals surface area (Å²) in [6, 6.07) is 17.3. The molecule has 188 valence electrons. The van der Waals surface area contributed by atoms with Crippen LogP contribution in [0.5, 0.6) is 11.5 Å². The van der Waals surface area contributed by atoms with Crippen molar-refractivity contribution >= 4 is 52.8 Å². The van der Waals surface area contributed by atoms with Crippen LogP contribution in [-0.2, 0) is 14.4 Å². The molecule has 1 aliphatic heterocycles. The molecule has 0 bridgehead atoms. The second-order valence-electron chi connectivity index (χ2n) is 8.00. The number of methoxy groups -OCH3 is 1. The van der Waals surface area contributed by atoms with Gasteiger partial charge in [-0.15, -0.1) is 0 Å². The summed E-state index contributed by atoms with van der Waals surface area (Å²) in [6.07, 6.45) is 1.32. The number of para-hydroxylation sites is 1. The van der Waals surface area contributed by atoms with Crippen LogP contribution in [0, 0.1) is 6.92 Å². The summed E-state index contributed by atoms with van der Waals surface area (Å²) in [6.45, 7) is 1.61. The largest absolute Gasteiger partial charge is 0.497 e. The summed E-state index contributed by atoms with van der Waals surface area (Å²) in [4.78, 5) is 51.0. The lowest BCUT2D eigenvalue weighted by Crippen LogP contribution is -2.54. The Hall–Kier alpha value is -4.63. The van der Waals surface area contributed by atoms with Gasteiger partial charge in [0, 0.05) is 5.69 Å². The number of hydrogen-bond acceptors (Lipinski definition) is 6. The van der Waals surface area contributed by atoms with Gasteiger partial charge in [-0.2, -0.15) is 0 Å². The fraction of sp³-hybridized carbons (Fsp3) is 0.111. The molecule has 10 heteroatoms. The molecule has 0 aromatic heterocycles. The first-order valence-electron chi connectivity index (χ1n) is 11.1. The van der Waals surface area contributed by atoms with E-state index < -0.39 is 17.8 Å². The lowest BCUT2D eigenvalue weighted by Gasteiger charge is -2.26. The third-order valence-electron chi connectivity index (χ3n) is 5.48. The van der Waals surface area contributed by atoms with Gasteiger partial charge < -0.3 is 14.8 Å². The minimum atomic E-state index is -0.858. The molecule has 0 atom stereocenters. The average molecular weight is 520 g/mol. The Morgan fingerprint density at radius 1 is 1.05 bits per heavy atom. The van der Waals surface area contributed by atoms with Crippen LogP contribution in [0.4, 0.5) is 16.2 Å². The van der Waals surface area contributed by atoms with Crippen LogP contribution in [0.15, 0.2) is 72.3 Å². The topological polar surface area (TPSA) is 114 Å². The molecular formula is C27H22ClN3O6. The van der Waals surface area contributed by atoms with Gasteiger partial charge in [0.05, 0.1) is 17.8 Å². The number of hydrogen-bond donors (Lipinski definition) is 2. The maximum atomic E-state index is 13.1. The van der Waals surface area contributed by atoms with Crippen molar-refractivity contribution in [3.63, 3.8) is 0 Å². The van der Waals surface area contributed by atoms with Crippen LogP contribution >= 0.6 is 11.6 Å². The number of aryl methyl sites for hydroxylation is 1. The molecule has 37 heavy (non-hydrogen) atoms. The van der Waals surface area contributed by atoms with Crippen molar-refractivity contribution in [3.8, 4) is 11.5 Å². The molecule has 9 nitrogen and oxygen atoms in total. The highest BCUT2D eigenvalue weighted by Gasteiger charge is 2.36. The standard InChI is InChI=1S/C27H22ClN3O6/c1-16-5-3-4-6-22(16)29-24(32)15-37-23-12-7-17(14-21(23)28)13-20-25(33)30-27(35)31(26(20)34)18-8-10-19(36-2)11-9-18/h3-14H,15H2,1-2H3,(H,29,32)(H,30,33,35)/b20-13+. The SMILES string of the molecule is COc1ccc(N2C(=O)NC(=O)/C(=C\c3ccc(OCC(=O)Nc4ccccc4C)c(Cl)c3)C2=O)cc1. The van der Waals surface area contributed by atoms with Crippen molar-refractivity contribution in [2.24, 2.45) is 0 Å². The highest BCUT2D eigenvalue weighted by molar-refractivity contribution is 6.39. The molecule has 0 unspecified atom stereocenters. The Kier molecular flexibility index (Phi) is 7.55. The van der Waals surface area contributed by atoms with Crippen molar-refractivity contribution in [2.45, 2.75) is 6.92 Å². The zero-order valence-electron chi connectivity index (χ0n) is 19.9. The van der Waals surface area contributed by atoms with Crippen molar-refractivity contribution in [1.82, 2.24) is 5.32 Å². The minimum Gasteiger partial charge on any atom is -0.497 e. The smallest absolute Gasteiger partial charge is 0.335 e. The van der Waals surface area contributed by atoms with Gasteiger partial charge in [0.2, 0.25) is 0 Å². The van der Waals surface area contributed by atoms with E-state index in [-0.39, 0.29) is 34.5 Å². The summed E-state index contributed by atoms with van der Waals surface area (Å²) in [7, 11) is 1.50. The number of nitrogens with one attached hydrogen (secondary N) is 2. The Bertz CT molecular complexity index is 1420. The second-order valence-corrected chi connectivity index (χ2v) is 8.40. The first-order valence-corrected chi connectivity index (χ1v) is 11.5. The van der Waals surface area contributed by atoms with Crippen LogP contribution in [0.1, 0.15) is 11.1 Å². The minimum absolute atomic E-state index is 0.171. The molecule has 1 saturated heterocycles. The molecule has 1 heterocycles. The highest BCUT2D eigenvalue weighted by Crippen LogP contribution is 2.28. The fourth-order valence-electron chi connectivity index (χ4n) is 3.56. The van der Waals surface area contributed by atoms with Crippen molar-refractivity contribution in [1.29, 1.82) is 0 Å². The van der Waals surface area contributed by atoms with Crippen LogP contribution in [0.2, 0.25) is 5.02 Å². The number of ether oxygens (including phenoxy) is 2. The molecule has 0 aliphatic carbocycles. The number of urea groups is 1. The molecule has 3 aromatic carbocycles. The van der Waals surface area contributed by atoms with Gasteiger partial charge in [0.1, 0.15) is 17.1 Å². The van der Waals surface area contributed by atoms with E-state index in [1.54, 1.807) is 24.3 Å². The quantitative estimate of drug-likeness (QED) is 0.354. The van der Waals surface area contributed by atoms with Crippen molar-refractivity contribution < 1.29 is 28.7 Å². The van der Waals surface area contributed by atoms with Crippen LogP contribution in [0.25, 0.3) is 6.08 Å². The van der Waals surface area contributed by atoms with Crippen molar-refractivity contribution in [2.75, 3.05) is 23.9 Å². The van der Waals surface area contributed by atoms with Gasteiger partial charge in [-0.1, -0.05) is 35.9 Å². The molecule has 2 N–H and O–H groups in total. The van der Waals surface area contributed by atoms with Gasteiger partial charge in [-0.25, -0.2) is 9.69 Å². The number of carbonyl (C=O) groups is 4. The molecule has 1 aliphatic rings. The predicted molar refractivity (Wildman–Crippen MR) is 139 cm³/mol. The maximum absolute atomic E-state index is 13.1. The Balaban J connectivity index is 1.48. The number of amides is 5. The average Bonchev–Trinajstić information content (AvgIpc) is 2.87. The van der Waals surface area contributed by atoms with Crippen molar-refractivity contribution in [3.05, 3.63) is 88.5 Å². The van der Waals surface area contributed by atoms with E-state index in [1.165, 1.54) is 37.5 Å². The van der Waals surface area contributed by atoms with Gasteiger partial charge in [0.15, 0.2) is 6.61 Å². The van der Waals surface area contributed by atoms with E-state index in [0.717, 1.165) is 10.5 Å². The normalized spacial score (nSPS) is 14.4. The number of barbiturate groups is 1. The van der Waals surface area contributed by atoms with E-state index in [4.69, 9.17) is 21.1 Å². The number of rotatable bonds is 7. The number of nitrogens with zero attached hydrogens (tertiary/aromatic N) is 1. The fourth-order valence-corrected chi connectivity index (χ4v) is 3.80. The summed E-state index contributed by atoms with van der Waals surface area (Å²) in [5.41, 5.74) is 2.04. The zero-order valence-corrected chi connectivity index (χ0v) is 20.7. The summed E-state index contributed by atoms with van der Waals surface area (Å²) < 4.78 is 10.6. The number of benzene rings is 3. The van der Waals surface area contributed by atoms with Crippen LogP contribution in [-0.4, -0.2) is 37.5 Å². The maximum Gasteiger partial charge on any atom is 0.335 e. The Morgan fingerprint density at radius 3 is 2.46 bits per heavy atom. The number of imide groups is 2. The molecule has 3 aromatic rings. The first-order chi connectivity index (χ1) is 17.8. The van der Waals surface area contributed by atoms with Gasteiger partial charge in [0.25, 0.3) is 17.7 Å². The second kappa shape index (κ2) is 11.0. The van der Waals surface area contributed by atoms with Gasteiger partial charge in [-0.3, -0.25) is 19.7 Å². The molecule has 0 saturated carbocycles. The lowest BCUT2D eigenvalue weighted by atomic mass is 10.1. The van der Waals surface area contributed by atoms with E-state index in [2.05, 4.69) is 10.6 Å². The third-order valence-corrected chi connectivity index (χ3v) is 5.77. The van der Waals surface area contributed by atoms with Crippen LogP contribution < -0.4 is 25.0 Å². The van der Waals surface area contributed by atoms with Gasteiger partial charge >= 0.3 is 6.03 Å². The summed E-state index contributed by atoms with van der Waals surface area (Å²) in [5, 5.41) is 5.10. The third kappa shape index (κ3) is 5.79. The molecule has 5 amide bonds. The Labute approximate surface area is 217 Å². The molecule has 0 spiro atoms. The van der Waals surface area contributed by atoms with Crippen LogP contribution in [0.3, 0.4) is 0 Å². The monoisotopic (exact) mass is 519 g/mol. The summed E-state index contributed by atoms with van der Waals surface area (Å²) in [5.74, 6) is -1.18. The van der Waals surface area contributed by atoms with E-state index >= 15 is 0 Å². The molecular weight excluding hydrogens is 498 g/mol. The number of anilines is 2. The Morgan fingerprint density at radius 2 is 1.78 bits per heavy atom. The molecule has 0 radical (unpaired) electrons. The number of carbonyl (C=O) groups excluding carboxylic acids is 4. The molecule has 1 fully saturated rings. The van der Waals surface area contributed by atoms with E-state index in [0.29, 0.717) is 17.0 Å². The summed E-state index contributed by atoms with van der Waals surface area (Å²) >= 11 is 6.32. The lowest BCUT2D eigenvalue weighted by molar-refractivity contribution is -0.122. The van der Waals surface area contributed by atoms with Gasteiger partial charge in [-0.05, 0) is 66.6 Å². The van der Waals surface area contributed by atoms with E-state index in [1.807, 2.05) is 25.1 Å². The highest BCUT2D eigenvalue weighted by atomic mass is 35.5. The zero-order chi connectivity index (χ0) is 26.5. The van der Waals surface area contributed by atoms with E-state index in [9.17, 15) is 19.2 Å². The molecule has 4 rings (SSSR count). The predicted octanol–water partition coefficient (Wildman–Crippen LogP) is 4.34.